The fourth-order valence-corrected chi connectivity index (χ4v) is 5.42. The average Bonchev–Trinajstić information content (AvgIpc) is 2.96. The van der Waals surface area contributed by atoms with Crippen LogP contribution in [0.15, 0.2) is 24.3 Å². The van der Waals surface area contributed by atoms with Gasteiger partial charge in [0.25, 0.3) is 0 Å². The third-order valence-corrected chi connectivity index (χ3v) is 6.53. The highest BCUT2D eigenvalue weighted by Crippen LogP contribution is 2.48. The van der Waals surface area contributed by atoms with Gasteiger partial charge < -0.3 is 22.0 Å². The molecule has 4 atom stereocenters. The van der Waals surface area contributed by atoms with Crippen LogP contribution in [-0.2, 0) is 0 Å². The SMILES string of the molecule is COc1ccc(C2CC3=[N+](C)CCCC3C3CN(C)CC23)cc1.Cl.[Cl-]. The summed E-state index contributed by atoms with van der Waals surface area (Å²) in [4.78, 5) is 2.56. The van der Waals surface area contributed by atoms with Crippen LogP contribution in [0.1, 0.15) is 30.7 Å². The van der Waals surface area contributed by atoms with Crippen molar-refractivity contribution in [1.29, 1.82) is 0 Å². The summed E-state index contributed by atoms with van der Waals surface area (Å²) in [5, 5.41) is 0. The standard InChI is InChI=1S/C20H29N2O.2ClH/c1-21-12-18-16-5-4-10-22(2)20(16)11-17(19(18)13-21)14-6-8-15(23-3)9-7-14;;/h6-9,16-19H,4-5,10-13H2,1-3H3;2*1H/q+1;;/p-1. The van der Waals surface area contributed by atoms with Crippen LogP contribution in [-0.4, -0.2) is 56.0 Å². The van der Waals surface area contributed by atoms with Gasteiger partial charge in [-0.2, -0.15) is 0 Å². The van der Waals surface area contributed by atoms with Crippen molar-refractivity contribution < 1.29 is 21.7 Å². The molecule has 1 aromatic rings. The van der Waals surface area contributed by atoms with Gasteiger partial charge in [-0.3, -0.25) is 0 Å². The molecule has 5 heteroatoms. The minimum Gasteiger partial charge on any atom is -1.00 e. The summed E-state index contributed by atoms with van der Waals surface area (Å²) in [6.07, 6.45) is 4.03. The molecule has 3 aliphatic rings. The molecule has 140 valence electrons. The summed E-state index contributed by atoms with van der Waals surface area (Å²) in [5.41, 5.74) is 3.23. The maximum atomic E-state index is 5.34. The Kier molecular flexibility index (Phi) is 6.80. The van der Waals surface area contributed by atoms with Crippen molar-refractivity contribution >= 4 is 18.1 Å². The summed E-state index contributed by atoms with van der Waals surface area (Å²) in [7, 11) is 6.36. The average molecular weight is 385 g/mol. The summed E-state index contributed by atoms with van der Waals surface area (Å²) in [6.45, 7) is 3.78. The lowest BCUT2D eigenvalue weighted by Crippen LogP contribution is -3.00. The lowest BCUT2D eigenvalue weighted by Gasteiger charge is -2.40. The van der Waals surface area contributed by atoms with Crippen LogP contribution in [0.3, 0.4) is 0 Å². The highest BCUT2D eigenvalue weighted by Gasteiger charge is 2.50. The second-order valence-electron chi connectivity index (χ2n) is 7.79. The molecule has 4 unspecified atom stereocenters. The van der Waals surface area contributed by atoms with Crippen molar-refractivity contribution in [3.8, 4) is 5.75 Å². The van der Waals surface area contributed by atoms with E-state index in [1.54, 1.807) is 12.8 Å². The quantitative estimate of drug-likeness (QED) is 0.680. The van der Waals surface area contributed by atoms with Gasteiger partial charge in [-0.15, -0.1) is 12.4 Å². The van der Waals surface area contributed by atoms with Crippen molar-refractivity contribution in [2.75, 3.05) is 40.8 Å². The van der Waals surface area contributed by atoms with Crippen molar-refractivity contribution in [3.63, 3.8) is 0 Å². The maximum Gasteiger partial charge on any atom is 0.156 e. The van der Waals surface area contributed by atoms with Crippen LogP contribution < -0.4 is 17.1 Å². The molecule has 2 heterocycles. The van der Waals surface area contributed by atoms with Crippen LogP contribution in [0.2, 0.25) is 0 Å². The molecule has 1 saturated heterocycles. The molecule has 0 spiro atoms. The van der Waals surface area contributed by atoms with Crippen LogP contribution in [0.4, 0.5) is 0 Å². The van der Waals surface area contributed by atoms with Gasteiger partial charge in [-0.1, -0.05) is 12.1 Å². The molecule has 4 rings (SSSR count). The Morgan fingerprint density at radius 2 is 1.72 bits per heavy atom. The molecule has 0 bridgehead atoms. The predicted octanol–water partition coefficient (Wildman–Crippen LogP) is 0.279. The first-order valence-electron chi connectivity index (χ1n) is 9.06. The Morgan fingerprint density at radius 1 is 1.08 bits per heavy atom. The van der Waals surface area contributed by atoms with E-state index in [9.17, 15) is 0 Å². The van der Waals surface area contributed by atoms with E-state index in [0.29, 0.717) is 5.92 Å². The maximum absolute atomic E-state index is 5.34. The molecule has 0 radical (unpaired) electrons. The Balaban J connectivity index is 0.00000113. The smallest absolute Gasteiger partial charge is 0.156 e. The molecule has 1 saturated carbocycles. The van der Waals surface area contributed by atoms with Gasteiger partial charge in [0.05, 0.1) is 7.11 Å². The number of rotatable bonds is 2. The second-order valence-corrected chi connectivity index (χ2v) is 7.79. The monoisotopic (exact) mass is 384 g/mol. The molecule has 3 nitrogen and oxygen atoms in total. The Hall–Kier alpha value is -0.770. The van der Waals surface area contributed by atoms with E-state index in [0.717, 1.165) is 23.5 Å². The normalized spacial score (nSPS) is 31.5. The van der Waals surface area contributed by atoms with E-state index in [1.165, 1.54) is 44.5 Å². The van der Waals surface area contributed by atoms with E-state index in [1.807, 2.05) is 0 Å². The lowest BCUT2D eigenvalue weighted by molar-refractivity contribution is -0.507. The first-order valence-corrected chi connectivity index (χ1v) is 9.06. The van der Waals surface area contributed by atoms with Crippen LogP contribution in [0, 0.1) is 17.8 Å². The van der Waals surface area contributed by atoms with Gasteiger partial charge >= 0.3 is 0 Å². The summed E-state index contributed by atoms with van der Waals surface area (Å²) >= 11 is 0. The minimum atomic E-state index is 0. The zero-order valence-corrected chi connectivity index (χ0v) is 17.0. The first-order chi connectivity index (χ1) is 11.2. The van der Waals surface area contributed by atoms with Crippen LogP contribution in [0.25, 0.3) is 0 Å². The summed E-state index contributed by atoms with van der Waals surface area (Å²) in [6, 6.07) is 8.85. The summed E-state index contributed by atoms with van der Waals surface area (Å²) < 4.78 is 7.91. The van der Waals surface area contributed by atoms with Crippen molar-refractivity contribution in [1.82, 2.24) is 4.90 Å². The highest BCUT2D eigenvalue weighted by molar-refractivity contribution is 5.85. The molecular weight excluding hydrogens is 355 g/mol. The summed E-state index contributed by atoms with van der Waals surface area (Å²) in [5.74, 6) is 4.12. The number of ether oxygens (including phenoxy) is 1. The second kappa shape index (κ2) is 8.28. The van der Waals surface area contributed by atoms with E-state index < -0.39 is 0 Å². The Bertz CT molecular complexity index is 617. The minimum absolute atomic E-state index is 0. The van der Waals surface area contributed by atoms with Crippen molar-refractivity contribution in [3.05, 3.63) is 29.8 Å². The number of benzene rings is 1. The molecule has 0 amide bonds. The number of methoxy groups -OCH3 is 1. The zero-order valence-electron chi connectivity index (χ0n) is 15.5. The third-order valence-electron chi connectivity index (χ3n) is 6.53. The molecular formula is C20H30Cl2N2O. The third kappa shape index (κ3) is 3.70. The number of likely N-dealkylation sites (tertiary alicyclic amines) is 1. The fraction of sp³-hybridized carbons (Fsp3) is 0.650. The van der Waals surface area contributed by atoms with Gasteiger partial charge in [0, 0.05) is 31.8 Å². The van der Waals surface area contributed by atoms with E-state index >= 15 is 0 Å². The fourth-order valence-electron chi connectivity index (χ4n) is 5.42. The zero-order chi connectivity index (χ0) is 16.0. The largest absolute Gasteiger partial charge is 1.00 e. The van der Waals surface area contributed by atoms with E-state index in [2.05, 4.69) is 47.8 Å². The number of hydrogen-bond acceptors (Lipinski definition) is 2. The number of nitrogens with zero attached hydrogens (tertiary/aromatic N) is 2. The Labute approximate surface area is 164 Å². The highest BCUT2D eigenvalue weighted by atomic mass is 35.5. The topological polar surface area (TPSA) is 15.5 Å². The van der Waals surface area contributed by atoms with E-state index in [4.69, 9.17) is 4.74 Å². The molecule has 25 heavy (non-hydrogen) atoms. The van der Waals surface area contributed by atoms with Gasteiger partial charge in [0.1, 0.15) is 19.3 Å². The van der Waals surface area contributed by atoms with Crippen LogP contribution >= 0.6 is 12.4 Å². The Morgan fingerprint density at radius 3 is 2.36 bits per heavy atom. The molecule has 0 N–H and O–H groups in total. The van der Waals surface area contributed by atoms with Gasteiger partial charge in [-0.25, -0.2) is 4.58 Å². The molecule has 0 aromatic heterocycles. The predicted molar refractivity (Wildman–Crippen MR) is 101 cm³/mol. The lowest BCUT2D eigenvalue weighted by atomic mass is 9.63. The first kappa shape index (κ1) is 20.5. The number of hydrogen-bond donors (Lipinski definition) is 0. The molecule has 1 aromatic carbocycles. The molecule has 2 fully saturated rings. The number of halogens is 2. The number of fused-ring (bicyclic) bond motifs is 3. The van der Waals surface area contributed by atoms with Gasteiger partial charge in [0.2, 0.25) is 0 Å². The van der Waals surface area contributed by atoms with Crippen molar-refractivity contribution in [2.45, 2.75) is 25.2 Å². The van der Waals surface area contributed by atoms with Gasteiger partial charge in [0.15, 0.2) is 5.71 Å². The molecule has 1 aliphatic carbocycles. The van der Waals surface area contributed by atoms with Crippen LogP contribution in [0.5, 0.6) is 5.75 Å². The van der Waals surface area contributed by atoms with E-state index in [-0.39, 0.29) is 24.8 Å². The van der Waals surface area contributed by atoms with Crippen molar-refractivity contribution in [2.24, 2.45) is 17.8 Å². The molecule has 2 aliphatic heterocycles. The van der Waals surface area contributed by atoms with Gasteiger partial charge in [-0.05, 0) is 48.9 Å².